The van der Waals surface area contributed by atoms with Crippen LogP contribution in [0.25, 0.3) is 0 Å². The van der Waals surface area contributed by atoms with Crippen LogP contribution in [-0.2, 0) is 16.4 Å². The van der Waals surface area contributed by atoms with Gasteiger partial charge in [-0.1, -0.05) is 19.1 Å². The summed E-state index contributed by atoms with van der Waals surface area (Å²) in [5, 5.41) is 0. The van der Waals surface area contributed by atoms with Crippen molar-refractivity contribution in [2.75, 3.05) is 42.8 Å². The smallest absolute Gasteiger partial charge is 0.263 e. The molecule has 0 bridgehead atoms. The summed E-state index contributed by atoms with van der Waals surface area (Å²) in [6, 6.07) is 10.5. The van der Waals surface area contributed by atoms with E-state index in [1.54, 1.807) is 24.4 Å². The lowest BCUT2D eigenvalue weighted by Crippen LogP contribution is -2.44. The van der Waals surface area contributed by atoms with Gasteiger partial charge in [0.1, 0.15) is 5.82 Å². The second kappa shape index (κ2) is 7.41. The van der Waals surface area contributed by atoms with Crippen molar-refractivity contribution in [3.8, 4) is 0 Å². The summed E-state index contributed by atoms with van der Waals surface area (Å²) in [6.07, 6.45) is 2.60. The maximum absolute atomic E-state index is 12.5. The summed E-state index contributed by atoms with van der Waals surface area (Å²) in [7, 11) is -1.50. The molecule has 3 rings (SSSR count). The molecular formula is C18H24N4O2S. The number of piperazine rings is 1. The van der Waals surface area contributed by atoms with Gasteiger partial charge in [0, 0.05) is 26.2 Å². The van der Waals surface area contributed by atoms with Crippen LogP contribution in [0.3, 0.4) is 0 Å². The fourth-order valence-electron chi connectivity index (χ4n) is 2.80. The first-order valence-corrected chi connectivity index (χ1v) is 9.97. The molecule has 0 radical (unpaired) electrons. The van der Waals surface area contributed by atoms with Crippen LogP contribution in [0.2, 0.25) is 0 Å². The van der Waals surface area contributed by atoms with E-state index in [9.17, 15) is 8.42 Å². The van der Waals surface area contributed by atoms with Crippen LogP contribution in [-0.4, -0.2) is 51.5 Å². The van der Waals surface area contributed by atoms with E-state index < -0.39 is 10.0 Å². The third-order valence-corrected chi connectivity index (χ3v) is 5.87. The van der Waals surface area contributed by atoms with Gasteiger partial charge in [0.15, 0.2) is 0 Å². The van der Waals surface area contributed by atoms with Crippen molar-refractivity contribution >= 4 is 21.5 Å². The van der Waals surface area contributed by atoms with Gasteiger partial charge < -0.3 is 9.80 Å². The molecule has 2 heterocycles. The molecule has 1 aromatic carbocycles. The average molecular weight is 360 g/mol. The van der Waals surface area contributed by atoms with Gasteiger partial charge in [0.2, 0.25) is 0 Å². The standard InChI is InChI=1S/C18H24N4O2S/c1-3-15-4-7-17(8-5-15)25(23,24)20-18-9-6-16(14-19-18)22-12-10-21(2)11-13-22/h4-9,14H,3,10-13H2,1-2H3,(H,19,20). The largest absolute Gasteiger partial charge is 0.368 e. The van der Waals surface area contributed by atoms with Gasteiger partial charge in [-0.15, -0.1) is 0 Å². The third-order valence-electron chi connectivity index (χ3n) is 4.50. The van der Waals surface area contributed by atoms with Gasteiger partial charge in [0.25, 0.3) is 10.0 Å². The minimum atomic E-state index is -3.62. The molecule has 0 aliphatic carbocycles. The zero-order chi connectivity index (χ0) is 17.9. The Hall–Kier alpha value is -2.12. The quantitative estimate of drug-likeness (QED) is 0.885. The highest BCUT2D eigenvalue weighted by Crippen LogP contribution is 2.19. The molecule has 134 valence electrons. The Morgan fingerprint density at radius 3 is 2.28 bits per heavy atom. The van der Waals surface area contributed by atoms with E-state index in [4.69, 9.17) is 0 Å². The summed E-state index contributed by atoms with van der Waals surface area (Å²) >= 11 is 0. The lowest BCUT2D eigenvalue weighted by atomic mass is 10.2. The van der Waals surface area contributed by atoms with Crippen LogP contribution in [0.5, 0.6) is 0 Å². The molecule has 1 aliphatic rings. The highest BCUT2D eigenvalue weighted by atomic mass is 32.2. The molecule has 0 saturated carbocycles. The Morgan fingerprint density at radius 1 is 1.04 bits per heavy atom. The monoisotopic (exact) mass is 360 g/mol. The van der Waals surface area contributed by atoms with Crippen molar-refractivity contribution in [3.05, 3.63) is 48.2 Å². The van der Waals surface area contributed by atoms with Gasteiger partial charge in [0.05, 0.1) is 16.8 Å². The molecule has 1 aliphatic heterocycles. The third kappa shape index (κ3) is 4.29. The van der Waals surface area contributed by atoms with Crippen LogP contribution in [0.4, 0.5) is 11.5 Å². The van der Waals surface area contributed by atoms with Crippen LogP contribution >= 0.6 is 0 Å². The van der Waals surface area contributed by atoms with Gasteiger partial charge in [-0.25, -0.2) is 13.4 Å². The van der Waals surface area contributed by atoms with Crippen LogP contribution in [0, 0.1) is 0 Å². The maximum atomic E-state index is 12.5. The van der Waals surface area contributed by atoms with E-state index in [0.717, 1.165) is 43.9 Å². The predicted octanol–water partition coefficient (Wildman–Crippen LogP) is 2.20. The van der Waals surface area contributed by atoms with Gasteiger partial charge >= 0.3 is 0 Å². The van der Waals surface area contributed by atoms with Crippen molar-refractivity contribution in [1.82, 2.24) is 9.88 Å². The molecule has 1 saturated heterocycles. The first-order valence-electron chi connectivity index (χ1n) is 8.49. The van der Waals surface area contributed by atoms with Gasteiger partial charge in [-0.3, -0.25) is 4.72 Å². The van der Waals surface area contributed by atoms with E-state index in [1.165, 1.54) is 0 Å². The lowest BCUT2D eigenvalue weighted by Gasteiger charge is -2.33. The van der Waals surface area contributed by atoms with Crippen molar-refractivity contribution in [1.29, 1.82) is 0 Å². The number of benzene rings is 1. The number of nitrogens with one attached hydrogen (secondary N) is 1. The zero-order valence-electron chi connectivity index (χ0n) is 14.6. The van der Waals surface area contributed by atoms with E-state index in [2.05, 4.69) is 26.6 Å². The van der Waals surface area contributed by atoms with Crippen LogP contribution in [0.1, 0.15) is 12.5 Å². The highest BCUT2D eigenvalue weighted by molar-refractivity contribution is 7.92. The van der Waals surface area contributed by atoms with Crippen molar-refractivity contribution in [2.45, 2.75) is 18.2 Å². The minimum Gasteiger partial charge on any atom is -0.368 e. The molecule has 1 aromatic heterocycles. The minimum absolute atomic E-state index is 0.245. The highest BCUT2D eigenvalue weighted by Gasteiger charge is 2.17. The van der Waals surface area contributed by atoms with E-state index >= 15 is 0 Å². The number of pyridine rings is 1. The number of rotatable bonds is 5. The van der Waals surface area contributed by atoms with Crippen molar-refractivity contribution < 1.29 is 8.42 Å². The molecule has 1 fully saturated rings. The second-order valence-corrected chi connectivity index (χ2v) is 7.98. The number of hydrogen-bond donors (Lipinski definition) is 1. The zero-order valence-corrected chi connectivity index (χ0v) is 15.5. The van der Waals surface area contributed by atoms with Crippen LogP contribution in [0.15, 0.2) is 47.5 Å². The number of nitrogens with zero attached hydrogens (tertiary/aromatic N) is 3. The molecule has 6 nitrogen and oxygen atoms in total. The molecule has 0 spiro atoms. The number of hydrogen-bond acceptors (Lipinski definition) is 5. The van der Waals surface area contributed by atoms with E-state index in [1.807, 2.05) is 25.1 Å². The Morgan fingerprint density at radius 2 is 1.72 bits per heavy atom. The number of sulfonamides is 1. The SMILES string of the molecule is CCc1ccc(S(=O)(=O)Nc2ccc(N3CCN(C)CC3)cn2)cc1. The fourth-order valence-corrected chi connectivity index (χ4v) is 3.81. The average Bonchev–Trinajstić information content (AvgIpc) is 2.63. The topological polar surface area (TPSA) is 65.5 Å². The number of anilines is 2. The molecule has 0 unspecified atom stereocenters. The van der Waals surface area contributed by atoms with Crippen molar-refractivity contribution in [2.24, 2.45) is 0 Å². The molecule has 25 heavy (non-hydrogen) atoms. The van der Waals surface area contributed by atoms with Gasteiger partial charge in [-0.2, -0.15) is 0 Å². The molecule has 2 aromatic rings. The summed E-state index contributed by atoms with van der Waals surface area (Å²) in [5.41, 5.74) is 2.12. The Bertz CT molecular complexity index is 796. The molecular weight excluding hydrogens is 336 g/mol. The first-order chi connectivity index (χ1) is 12.0. The summed E-state index contributed by atoms with van der Waals surface area (Å²) < 4.78 is 27.5. The second-order valence-electron chi connectivity index (χ2n) is 6.29. The summed E-state index contributed by atoms with van der Waals surface area (Å²) in [5.74, 6) is 0.331. The molecule has 0 amide bonds. The first kappa shape index (κ1) is 17.7. The Labute approximate surface area is 149 Å². The molecule has 0 atom stereocenters. The Balaban J connectivity index is 1.69. The Kier molecular flexibility index (Phi) is 5.24. The normalized spacial score (nSPS) is 16.0. The fraction of sp³-hybridized carbons (Fsp3) is 0.389. The predicted molar refractivity (Wildman–Crippen MR) is 101 cm³/mol. The summed E-state index contributed by atoms with van der Waals surface area (Å²) in [6.45, 7) is 5.97. The number of aryl methyl sites for hydroxylation is 1. The lowest BCUT2D eigenvalue weighted by molar-refractivity contribution is 0.313. The van der Waals surface area contributed by atoms with Crippen molar-refractivity contribution in [3.63, 3.8) is 0 Å². The maximum Gasteiger partial charge on any atom is 0.263 e. The van der Waals surface area contributed by atoms with E-state index in [-0.39, 0.29) is 4.90 Å². The van der Waals surface area contributed by atoms with Gasteiger partial charge in [-0.05, 0) is 43.3 Å². The number of aromatic nitrogens is 1. The summed E-state index contributed by atoms with van der Waals surface area (Å²) in [4.78, 5) is 9.06. The van der Waals surface area contributed by atoms with E-state index in [0.29, 0.717) is 5.82 Å². The van der Waals surface area contributed by atoms with Crippen LogP contribution < -0.4 is 9.62 Å². The molecule has 1 N–H and O–H groups in total. The number of likely N-dealkylation sites (N-methyl/N-ethyl adjacent to an activating group) is 1. The molecule has 7 heteroatoms.